The molecule has 188 valence electrons. The number of nitrogens with one attached hydrogen (secondary N) is 3. The monoisotopic (exact) mass is 509 g/mol. The Bertz CT molecular complexity index is 1320. The zero-order valence-electron chi connectivity index (χ0n) is 19.4. The Morgan fingerprint density at radius 2 is 1.71 bits per heavy atom. The van der Waals surface area contributed by atoms with Crippen LogP contribution in [0.15, 0.2) is 24.3 Å². The van der Waals surface area contributed by atoms with E-state index in [1.165, 1.54) is 18.2 Å². The number of halogens is 3. The minimum atomic E-state index is -4.57. The van der Waals surface area contributed by atoms with E-state index in [2.05, 4.69) is 35.2 Å². The van der Waals surface area contributed by atoms with E-state index < -0.39 is 21.8 Å². The summed E-state index contributed by atoms with van der Waals surface area (Å²) in [6, 6.07) is 5.02. The van der Waals surface area contributed by atoms with Gasteiger partial charge in [-0.25, -0.2) is 23.1 Å². The lowest BCUT2D eigenvalue weighted by Gasteiger charge is -2.29. The van der Waals surface area contributed by atoms with Crippen LogP contribution in [0.2, 0.25) is 0 Å². The first-order valence-corrected chi connectivity index (χ1v) is 13.0. The Balaban J connectivity index is 1.75. The van der Waals surface area contributed by atoms with Crippen molar-refractivity contribution in [3.63, 3.8) is 0 Å². The molecule has 9 nitrogen and oxygen atoms in total. The molecule has 35 heavy (non-hydrogen) atoms. The number of anilines is 2. The van der Waals surface area contributed by atoms with Crippen LogP contribution < -0.4 is 10.0 Å². The first-order valence-electron chi connectivity index (χ1n) is 11.1. The van der Waals surface area contributed by atoms with Gasteiger partial charge in [-0.2, -0.15) is 18.2 Å². The summed E-state index contributed by atoms with van der Waals surface area (Å²) >= 11 is 0. The summed E-state index contributed by atoms with van der Waals surface area (Å²) in [5, 5.41) is 9.76. The number of alkyl halides is 3. The van der Waals surface area contributed by atoms with Crippen LogP contribution in [0.25, 0.3) is 11.4 Å². The largest absolute Gasteiger partial charge is 0.417 e. The second-order valence-corrected chi connectivity index (χ2v) is 10.5. The average Bonchev–Trinajstić information content (AvgIpc) is 3.19. The highest BCUT2D eigenvalue weighted by molar-refractivity contribution is 7.88. The van der Waals surface area contributed by atoms with Gasteiger partial charge in [0.2, 0.25) is 16.0 Å². The van der Waals surface area contributed by atoms with Gasteiger partial charge >= 0.3 is 6.18 Å². The van der Waals surface area contributed by atoms with Gasteiger partial charge in [0.05, 0.1) is 17.5 Å². The number of rotatable bonds is 6. The first kappa shape index (κ1) is 25.0. The zero-order valence-corrected chi connectivity index (χ0v) is 20.3. The van der Waals surface area contributed by atoms with Crippen LogP contribution in [0.3, 0.4) is 0 Å². The van der Waals surface area contributed by atoms with Crippen molar-refractivity contribution in [1.82, 2.24) is 29.9 Å². The number of sulfonamides is 1. The summed E-state index contributed by atoms with van der Waals surface area (Å²) in [4.78, 5) is 13.3. The third-order valence-corrected chi connectivity index (χ3v) is 6.74. The third-order valence-electron chi connectivity index (χ3n) is 5.98. The van der Waals surface area contributed by atoms with Gasteiger partial charge in [-0.1, -0.05) is 18.2 Å². The van der Waals surface area contributed by atoms with Gasteiger partial charge in [-0.05, 0) is 45.6 Å². The minimum Gasteiger partial charge on any atom is -0.307 e. The summed E-state index contributed by atoms with van der Waals surface area (Å²) in [5.41, 5.74) is 0.359. The van der Waals surface area contributed by atoms with Crippen molar-refractivity contribution in [2.45, 2.75) is 57.7 Å². The quantitative estimate of drug-likeness (QED) is 0.454. The number of aromatic amines is 1. The molecule has 1 aliphatic rings. The topological polar surface area (TPSA) is 126 Å². The molecule has 0 radical (unpaired) electrons. The lowest BCUT2D eigenvalue weighted by Crippen LogP contribution is -2.36. The number of nitrogens with zero attached hydrogens (tertiary/aromatic N) is 4. The Morgan fingerprint density at radius 1 is 1.03 bits per heavy atom. The number of hydrogen-bond acceptors (Lipinski definition) is 7. The Labute approximate surface area is 201 Å². The molecule has 4 rings (SSSR count). The summed E-state index contributed by atoms with van der Waals surface area (Å²) in [5.74, 6) is 1.01. The Morgan fingerprint density at radius 3 is 2.31 bits per heavy atom. The van der Waals surface area contributed by atoms with E-state index in [1.807, 2.05) is 0 Å². The van der Waals surface area contributed by atoms with Crippen LogP contribution in [-0.4, -0.2) is 45.9 Å². The first-order chi connectivity index (χ1) is 16.4. The van der Waals surface area contributed by atoms with Gasteiger partial charge in [0.1, 0.15) is 11.6 Å². The van der Waals surface area contributed by atoms with Crippen molar-refractivity contribution in [2.24, 2.45) is 0 Å². The highest BCUT2D eigenvalue weighted by Gasteiger charge is 2.35. The van der Waals surface area contributed by atoms with E-state index in [0.29, 0.717) is 48.6 Å². The molecule has 1 saturated carbocycles. The molecule has 0 amide bonds. The average molecular weight is 510 g/mol. The normalized spacial score (nSPS) is 19.0. The van der Waals surface area contributed by atoms with E-state index in [0.717, 1.165) is 12.3 Å². The van der Waals surface area contributed by atoms with Crippen molar-refractivity contribution in [3.8, 4) is 11.4 Å². The zero-order chi connectivity index (χ0) is 25.4. The van der Waals surface area contributed by atoms with Gasteiger partial charge in [-0.15, -0.1) is 5.10 Å². The smallest absolute Gasteiger partial charge is 0.307 e. The molecule has 0 aliphatic heterocycles. The fraction of sp³-hybridized carbons (Fsp3) is 0.455. The maximum atomic E-state index is 13.7. The molecule has 1 fully saturated rings. The SMILES string of the molecule is Cc1nc(Nc2nc(-c3ccccc3C(F)(F)F)nc(C3CCC(NS(C)(=O)=O)CC3)c2C)n[nH]1. The number of H-pyrrole nitrogens is 1. The fourth-order valence-electron chi connectivity index (χ4n) is 4.39. The van der Waals surface area contributed by atoms with Crippen LogP contribution in [0.5, 0.6) is 0 Å². The lowest BCUT2D eigenvalue weighted by molar-refractivity contribution is -0.137. The highest BCUT2D eigenvalue weighted by atomic mass is 32.2. The molecule has 3 aromatic rings. The fourth-order valence-corrected chi connectivity index (χ4v) is 5.23. The summed E-state index contributed by atoms with van der Waals surface area (Å²) in [6.07, 6.45) is -0.998. The molecule has 2 heterocycles. The molecular formula is C22H26F3N7O2S. The molecule has 1 aliphatic carbocycles. The van der Waals surface area contributed by atoms with E-state index in [1.54, 1.807) is 13.8 Å². The van der Waals surface area contributed by atoms with Gasteiger partial charge in [0, 0.05) is 23.1 Å². The van der Waals surface area contributed by atoms with Crippen molar-refractivity contribution in [1.29, 1.82) is 0 Å². The van der Waals surface area contributed by atoms with Gasteiger partial charge in [-0.3, -0.25) is 5.10 Å². The molecule has 0 unspecified atom stereocenters. The summed E-state index contributed by atoms with van der Waals surface area (Å²) < 4.78 is 67.1. The second kappa shape index (κ2) is 9.53. The van der Waals surface area contributed by atoms with E-state index in [-0.39, 0.29) is 29.3 Å². The second-order valence-electron chi connectivity index (χ2n) is 8.76. The minimum absolute atomic E-state index is 0.0512. The van der Waals surface area contributed by atoms with Crippen molar-refractivity contribution in [2.75, 3.05) is 11.6 Å². The summed E-state index contributed by atoms with van der Waals surface area (Å²) in [6.45, 7) is 3.53. The molecule has 1 aromatic carbocycles. The van der Waals surface area contributed by atoms with Crippen LogP contribution in [0, 0.1) is 13.8 Å². The van der Waals surface area contributed by atoms with E-state index >= 15 is 0 Å². The van der Waals surface area contributed by atoms with Gasteiger partial charge < -0.3 is 5.32 Å². The van der Waals surface area contributed by atoms with Crippen LogP contribution in [-0.2, 0) is 16.2 Å². The molecule has 0 atom stereocenters. The predicted molar refractivity (Wildman–Crippen MR) is 125 cm³/mol. The van der Waals surface area contributed by atoms with Gasteiger partial charge in [0.25, 0.3) is 0 Å². The van der Waals surface area contributed by atoms with Crippen molar-refractivity contribution < 1.29 is 21.6 Å². The van der Waals surface area contributed by atoms with Crippen LogP contribution >= 0.6 is 0 Å². The predicted octanol–water partition coefficient (Wildman–Crippen LogP) is 4.22. The van der Waals surface area contributed by atoms with E-state index in [4.69, 9.17) is 0 Å². The molecular weight excluding hydrogens is 483 g/mol. The summed E-state index contributed by atoms with van der Waals surface area (Å²) in [7, 11) is -3.32. The highest BCUT2D eigenvalue weighted by Crippen LogP contribution is 2.39. The number of aryl methyl sites for hydroxylation is 1. The Kier molecular flexibility index (Phi) is 6.82. The van der Waals surface area contributed by atoms with Crippen molar-refractivity contribution in [3.05, 3.63) is 46.9 Å². The molecule has 0 spiro atoms. The Hall–Kier alpha value is -3.06. The number of aromatic nitrogens is 5. The molecule has 2 aromatic heterocycles. The standard InChI is InChI=1S/C22H26F3N7O2S/c1-12-18(14-8-10-15(11-9-14)32-35(3,33)34)27-20(16-6-4-5-7-17(16)22(23,24)25)28-19(12)29-21-26-13(2)30-31-21/h4-7,14-15,32H,8-11H2,1-3H3,(H2,26,27,28,29,30,31). The van der Waals surface area contributed by atoms with Crippen molar-refractivity contribution >= 4 is 21.8 Å². The number of benzene rings is 1. The number of hydrogen-bond donors (Lipinski definition) is 3. The maximum absolute atomic E-state index is 13.7. The van der Waals surface area contributed by atoms with Crippen LogP contribution in [0.1, 0.15) is 54.2 Å². The third kappa shape index (κ3) is 5.96. The molecule has 0 saturated heterocycles. The maximum Gasteiger partial charge on any atom is 0.417 e. The van der Waals surface area contributed by atoms with Crippen LogP contribution in [0.4, 0.5) is 24.9 Å². The van der Waals surface area contributed by atoms with Gasteiger partial charge in [0.15, 0.2) is 5.82 Å². The molecule has 3 N–H and O–H groups in total. The lowest BCUT2D eigenvalue weighted by atomic mass is 9.83. The van der Waals surface area contributed by atoms with E-state index in [9.17, 15) is 21.6 Å². The molecule has 13 heteroatoms. The molecule has 0 bridgehead atoms.